The molecule has 1 aromatic heterocycles. The van der Waals surface area contributed by atoms with Crippen molar-refractivity contribution >= 4 is 29.0 Å². The molecular weight excluding hydrogens is 300 g/mol. The number of thioether (sulfide) groups is 1. The van der Waals surface area contributed by atoms with Gasteiger partial charge in [0.15, 0.2) is 0 Å². The van der Waals surface area contributed by atoms with E-state index in [1.165, 1.54) is 4.88 Å². The molecule has 4 atom stereocenters. The molecule has 1 fully saturated rings. The third-order valence-corrected chi connectivity index (χ3v) is 6.01. The third-order valence-electron chi connectivity index (χ3n) is 4.18. The lowest BCUT2D eigenvalue weighted by Crippen LogP contribution is -2.37. The van der Waals surface area contributed by atoms with Crippen LogP contribution < -0.4 is 5.32 Å². The van der Waals surface area contributed by atoms with E-state index in [0.29, 0.717) is 11.8 Å². The van der Waals surface area contributed by atoms with Gasteiger partial charge < -0.3 is 4.90 Å². The second-order valence-electron chi connectivity index (χ2n) is 6.00. The van der Waals surface area contributed by atoms with Crippen LogP contribution in [0.15, 0.2) is 17.5 Å². The summed E-state index contributed by atoms with van der Waals surface area (Å²) in [5.41, 5.74) is 0. The summed E-state index contributed by atoms with van der Waals surface area (Å²) in [4.78, 5) is 16.1. The van der Waals surface area contributed by atoms with Crippen LogP contribution in [0.1, 0.15) is 38.2 Å². The van der Waals surface area contributed by atoms with Gasteiger partial charge >= 0.3 is 0 Å². The summed E-state index contributed by atoms with van der Waals surface area (Å²) < 4.78 is 0. The second-order valence-corrected chi connectivity index (χ2v) is 7.89. The molecule has 0 aromatic carbocycles. The van der Waals surface area contributed by atoms with Gasteiger partial charge in [-0.15, -0.1) is 11.3 Å². The summed E-state index contributed by atoms with van der Waals surface area (Å²) in [6, 6.07) is 4.15. The SMILES string of the molecule is CCC(C)C1NC(c2cccs2)N(CC(C)CSC)C1=O. The summed E-state index contributed by atoms with van der Waals surface area (Å²) in [5.74, 6) is 2.26. The van der Waals surface area contributed by atoms with Gasteiger partial charge in [0.05, 0.1) is 6.04 Å². The number of amides is 1. The Morgan fingerprint density at radius 1 is 1.48 bits per heavy atom. The predicted octanol–water partition coefficient (Wildman–Crippen LogP) is 3.59. The number of nitrogens with zero attached hydrogens (tertiary/aromatic N) is 1. The Balaban J connectivity index is 2.17. The van der Waals surface area contributed by atoms with E-state index in [0.717, 1.165) is 18.7 Å². The highest BCUT2D eigenvalue weighted by molar-refractivity contribution is 7.98. The molecule has 0 bridgehead atoms. The lowest BCUT2D eigenvalue weighted by atomic mass is 9.99. The average Bonchev–Trinajstić information content (AvgIpc) is 3.08. The lowest BCUT2D eigenvalue weighted by Gasteiger charge is -2.26. The van der Waals surface area contributed by atoms with E-state index in [4.69, 9.17) is 0 Å². The molecule has 0 saturated carbocycles. The van der Waals surface area contributed by atoms with Gasteiger partial charge in [0.25, 0.3) is 0 Å². The van der Waals surface area contributed by atoms with Crippen LogP contribution >= 0.6 is 23.1 Å². The van der Waals surface area contributed by atoms with Crippen LogP contribution in [0.5, 0.6) is 0 Å². The molecule has 118 valence electrons. The summed E-state index contributed by atoms with van der Waals surface area (Å²) >= 11 is 3.58. The number of hydrogen-bond acceptors (Lipinski definition) is 4. The Morgan fingerprint density at radius 2 is 2.24 bits per heavy atom. The topological polar surface area (TPSA) is 32.3 Å². The molecule has 0 radical (unpaired) electrons. The quantitative estimate of drug-likeness (QED) is 0.831. The van der Waals surface area contributed by atoms with Crippen LogP contribution in [-0.2, 0) is 4.79 Å². The minimum atomic E-state index is -0.0384. The Bertz CT molecular complexity index is 449. The maximum absolute atomic E-state index is 12.8. The van der Waals surface area contributed by atoms with E-state index in [1.54, 1.807) is 11.3 Å². The zero-order valence-corrected chi connectivity index (χ0v) is 15.0. The summed E-state index contributed by atoms with van der Waals surface area (Å²) in [7, 11) is 0. The van der Waals surface area contributed by atoms with Crippen LogP contribution in [0, 0.1) is 11.8 Å². The number of thiophene rings is 1. The molecule has 1 aromatic rings. The summed E-state index contributed by atoms with van der Waals surface area (Å²) in [5, 5.41) is 5.66. The molecule has 1 amide bonds. The molecule has 0 spiro atoms. The van der Waals surface area contributed by atoms with E-state index < -0.39 is 0 Å². The number of nitrogens with one attached hydrogen (secondary N) is 1. The van der Waals surface area contributed by atoms with Crippen molar-refractivity contribution in [3.8, 4) is 0 Å². The van der Waals surface area contributed by atoms with Gasteiger partial charge in [-0.3, -0.25) is 10.1 Å². The van der Waals surface area contributed by atoms with E-state index in [1.807, 2.05) is 11.8 Å². The maximum atomic E-state index is 12.8. The number of carbonyl (C=O) groups is 1. The zero-order valence-electron chi connectivity index (χ0n) is 13.3. The smallest absolute Gasteiger partial charge is 0.241 e. The second kappa shape index (κ2) is 7.65. The number of carbonyl (C=O) groups excluding carboxylic acids is 1. The van der Waals surface area contributed by atoms with Gasteiger partial charge in [-0.25, -0.2) is 0 Å². The molecule has 2 heterocycles. The molecule has 1 N–H and O–H groups in total. The van der Waals surface area contributed by atoms with Gasteiger partial charge in [-0.2, -0.15) is 11.8 Å². The first-order valence-electron chi connectivity index (χ1n) is 7.67. The minimum Gasteiger partial charge on any atom is -0.320 e. The first kappa shape index (κ1) is 16.8. The monoisotopic (exact) mass is 326 g/mol. The first-order valence-corrected chi connectivity index (χ1v) is 9.94. The molecule has 1 saturated heterocycles. The summed E-state index contributed by atoms with van der Waals surface area (Å²) in [6.45, 7) is 7.38. The van der Waals surface area contributed by atoms with Gasteiger partial charge in [0.2, 0.25) is 5.91 Å². The Kier molecular flexibility index (Phi) is 6.14. The molecule has 21 heavy (non-hydrogen) atoms. The van der Waals surface area contributed by atoms with E-state index in [2.05, 4.69) is 54.8 Å². The van der Waals surface area contributed by atoms with Gasteiger partial charge in [-0.1, -0.05) is 33.3 Å². The van der Waals surface area contributed by atoms with Crippen LogP contribution in [-0.4, -0.2) is 35.4 Å². The molecule has 1 aliphatic heterocycles. The van der Waals surface area contributed by atoms with E-state index in [-0.39, 0.29) is 18.1 Å². The maximum Gasteiger partial charge on any atom is 0.241 e. The van der Waals surface area contributed by atoms with Crippen molar-refractivity contribution < 1.29 is 4.79 Å². The predicted molar refractivity (Wildman–Crippen MR) is 92.7 cm³/mol. The van der Waals surface area contributed by atoms with Crippen molar-refractivity contribution in [1.29, 1.82) is 0 Å². The van der Waals surface area contributed by atoms with Crippen molar-refractivity contribution in [3.63, 3.8) is 0 Å². The lowest BCUT2D eigenvalue weighted by molar-refractivity contribution is -0.131. The third kappa shape index (κ3) is 3.82. The standard InChI is InChI=1S/C16H26N2OS2/c1-5-12(3)14-16(19)18(9-11(2)10-20-4)15(17-14)13-7-6-8-21-13/h6-8,11-12,14-15,17H,5,9-10H2,1-4H3. The normalized spacial score (nSPS) is 25.3. The highest BCUT2D eigenvalue weighted by atomic mass is 32.2. The molecular formula is C16H26N2OS2. The van der Waals surface area contributed by atoms with Crippen molar-refractivity contribution in [2.24, 2.45) is 11.8 Å². The van der Waals surface area contributed by atoms with E-state index in [9.17, 15) is 4.79 Å². The summed E-state index contributed by atoms with van der Waals surface area (Å²) in [6.07, 6.45) is 3.20. The van der Waals surface area contributed by atoms with Gasteiger partial charge in [0, 0.05) is 11.4 Å². The van der Waals surface area contributed by atoms with E-state index >= 15 is 0 Å². The van der Waals surface area contributed by atoms with Crippen molar-refractivity contribution in [2.75, 3.05) is 18.6 Å². The Hall–Kier alpha value is -0.520. The molecule has 2 rings (SSSR count). The van der Waals surface area contributed by atoms with Crippen molar-refractivity contribution in [1.82, 2.24) is 10.2 Å². The molecule has 0 aliphatic carbocycles. The molecule has 3 nitrogen and oxygen atoms in total. The zero-order chi connectivity index (χ0) is 15.4. The minimum absolute atomic E-state index is 0.0384. The van der Waals surface area contributed by atoms with Crippen molar-refractivity contribution in [2.45, 2.75) is 39.4 Å². The highest BCUT2D eigenvalue weighted by Crippen LogP contribution is 2.32. The fourth-order valence-corrected chi connectivity index (χ4v) is 4.30. The Labute approximate surface area is 136 Å². The van der Waals surface area contributed by atoms with Crippen LogP contribution in [0.25, 0.3) is 0 Å². The highest BCUT2D eigenvalue weighted by Gasteiger charge is 2.42. The van der Waals surface area contributed by atoms with Crippen LogP contribution in [0.3, 0.4) is 0 Å². The first-order chi connectivity index (χ1) is 10.1. The fraction of sp³-hybridized carbons (Fsp3) is 0.688. The van der Waals surface area contributed by atoms with Gasteiger partial charge in [0.1, 0.15) is 6.17 Å². The van der Waals surface area contributed by atoms with Crippen molar-refractivity contribution in [3.05, 3.63) is 22.4 Å². The van der Waals surface area contributed by atoms with Crippen LogP contribution in [0.4, 0.5) is 0 Å². The average molecular weight is 327 g/mol. The number of hydrogen-bond donors (Lipinski definition) is 1. The number of rotatable bonds is 7. The molecule has 5 heteroatoms. The van der Waals surface area contributed by atoms with Crippen LogP contribution in [0.2, 0.25) is 0 Å². The fourth-order valence-electron chi connectivity index (χ4n) is 2.83. The molecule has 4 unspecified atom stereocenters. The van der Waals surface area contributed by atoms with Gasteiger partial charge in [-0.05, 0) is 35.3 Å². The Morgan fingerprint density at radius 3 is 2.81 bits per heavy atom. The largest absolute Gasteiger partial charge is 0.320 e. The molecule has 1 aliphatic rings.